The Labute approximate surface area is 155 Å². The molecule has 0 heterocycles. The number of benzene rings is 1. The van der Waals surface area contributed by atoms with Crippen molar-refractivity contribution in [2.45, 2.75) is 85.2 Å². The van der Waals surface area contributed by atoms with Crippen LogP contribution in [0.15, 0.2) is 24.3 Å². The monoisotopic (exact) mass is 368 g/mol. The van der Waals surface area contributed by atoms with Crippen molar-refractivity contribution in [2.75, 3.05) is 7.11 Å². The third-order valence-electron chi connectivity index (χ3n) is 2.96. The maximum atomic E-state index is 6.50. The molecule has 0 saturated carbocycles. The smallest absolute Gasteiger partial charge is 0.497 e. The molecule has 0 aliphatic heterocycles. The summed E-state index contributed by atoms with van der Waals surface area (Å²) in [4.78, 5) is 0. The molecular formula is C20H36O4Si. The van der Waals surface area contributed by atoms with Crippen LogP contribution in [0.1, 0.15) is 67.9 Å². The number of methoxy groups -OCH3 is 1. The first-order valence-electron chi connectivity index (χ1n) is 8.87. The third-order valence-corrected chi connectivity index (χ3v) is 6.58. The second-order valence-corrected chi connectivity index (χ2v) is 11.7. The van der Waals surface area contributed by atoms with Gasteiger partial charge >= 0.3 is 8.80 Å². The lowest BCUT2D eigenvalue weighted by Gasteiger charge is -2.43. The highest BCUT2D eigenvalue weighted by Gasteiger charge is 2.50. The first kappa shape index (κ1) is 22.2. The molecule has 144 valence electrons. The third kappa shape index (κ3) is 8.86. The molecule has 0 unspecified atom stereocenters. The summed E-state index contributed by atoms with van der Waals surface area (Å²) >= 11 is 0. The van der Waals surface area contributed by atoms with Crippen LogP contribution >= 0.6 is 0 Å². The Balaban J connectivity index is 3.28. The zero-order valence-electron chi connectivity index (χ0n) is 17.6. The second kappa shape index (κ2) is 7.78. The average Bonchev–Trinajstić information content (AvgIpc) is 2.32. The fourth-order valence-electron chi connectivity index (χ4n) is 2.56. The highest BCUT2D eigenvalue weighted by Crippen LogP contribution is 2.31. The standard InChI is InChI=1S/C20H36O4Si/c1-18(2,3)22-25(23-19(4,5)6,24-20(7,8)9)15-16-11-13-17(21-10)14-12-16/h11-14H,15H2,1-10H3. The average molecular weight is 369 g/mol. The molecule has 0 aliphatic carbocycles. The van der Waals surface area contributed by atoms with E-state index >= 15 is 0 Å². The molecule has 0 atom stereocenters. The van der Waals surface area contributed by atoms with Crippen molar-refractivity contribution in [3.05, 3.63) is 29.8 Å². The van der Waals surface area contributed by atoms with E-state index in [-0.39, 0.29) is 16.8 Å². The van der Waals surface area contributed by atoms with E-state index < -0.39 is 8.80 Å². The van der Waals surface area contributed by atoms with Gasteiger partial charge in [0, 0.05) is 6.04 Å². The molecule has 0 radical (unpaired) electrons. The van der Waals surface area contributed by atoms with E-state index in [9.17, 15) is 0 Å². The van der Waals surface area contributed by atoms with Gasteiger partial charge in [0.15, 0.2) is 0 Å². The van der Waals surface area contributed by atoms with Crippen LogP contribution in [0.4, 0.5) is 0 Å². The Morgan fingerprint density at radius 3 is 1.32 bits per heavy atom. The normalized spacial score (nSPS) is 13.8. The molecule has 4 nitrogen and oxygen atoms in total. The molecule has 1 aromatic carbocycles. The highest BCUT2D eigenvalue weighted by atomic mass is 28.4. The Hall–Kier alpha value is -0.883. The minimum Gasteiger partial charge on any atom is -0.497 e. The molecule has 1 aromatic rings. The summed E-state index contributed by atoms with van der Waals surface area (Å²) in [5.41, 5.74) is 0.0183. The van der Waals surface area contributed by atoms with Gasteiger partial charge in [-0.2, -0.15) is 0 Å². The van der Waals surface area contributed by atoms with Crippen molar-refractivity contribution in [3.63, 3.8) is 0 Å². The summed E-state index contributed by atoms with van der Waals surface area (Å²) in [6.07, 6.45) is 0. The summed E-state index contributed by atoms with van der Waals surface area (Å²) in [5, 5.41) is 0. The van der Waals surface area contributed by atoms with Crippen molar-refractivity contribution < 1.29 is 18.0 Å². The van der Waals surface area contributed by atoms with E-state index in [1.54, 1.807) is 7.11 Å². The van der Waals surface area contributed by atoms with Crippen molar-refractivity contribution in [3.8, 4) is 5.75 Å². The molecule has 5 heteroatoms. The van der Waals surface area contributed by atoms with Crippen LogP contribution in [0.25, 0.3) is 0 Å². The minimum absolute atomic E-state index is 0.366. The van der Waals surface area contributed by atoms with Crippen molar-refractivity contribution in [2.24, 2.45) is 0 Å². The molecular weight excluding hydrogens is 332 g/mol. The fourth-order valence-corrected chi connectivity index (χ4v) is 6.44. The molecule has 0 amide bonds. The maximum absolute atomic E-state index is 6.50. The zero-order chi connectivity index (χ0) is 19.5. The number of rotatable bonds is 6. The molecule has 0 fully saturated rings. The quantitative estimate of drug-likeness (QED) is 0.650. The van der Waals surface area contributed by atoms with E-state index in [1.807, 2.05) is 86.6 Å². The number of hydrogen-bond acceptors (Lipinski definition) is 4. The summed E-state index contributed by atoms with van der Waals surface area (Å²) in [6, 6.07) is 8.62. The summed E-state index contributed by atoms with van der Waals surface area (Å²) in [5.74, 6) is 0.834. The van der Waals surface area contributed by atoms with Crippen LogP contribution in [-0.4, -0.2) is 32.7 Å². The number of ether oxygens (including phenoxy) is 1. The Kier molecular flexibility index (Phi) is 6.90. The molecule has 25 heavy (non-hydrogen) atoms. The lowest BCUT2D eigenvalue weighted by Crippen LogP contribution is -2.59. The van der Waals surface area contributed by atoms with E-state index in [4.69, 9.17) is 18.0 Å². The van der Waals surface area contributed by atoms with Crippen LogP contribution in [0, 0.1) is 0 Å². The minimum atomic E-state index is -3.01. The predicted molar refractivity (Wildman–Crippen MR) is 105 cm³/mol. The molecule has 0 aromatic heterocycles. The zero-order valence-corrected chi connectivity index (χ0v) is 18.6. The van der Waals surface area contributed by atoms with E-state index in [2.05, 4.69) is 0 Å². The second-order valence-electron chi connectivity index (χ2n) is 9.35. The van der Waals surface area contributed by atoms with Gasteiger partial charge in [-0.1, -0.05) is 12.1 Å². The van der Waals surface area contributed by atoms with Gasteiger partial charge < -0.3 is 18.0 Å². The van der Waals surface area contributed by atoms with E-state index in [0.29, 0.717) is 6.04 Å². The summed E-state index contributed by atoms with van der Waals surface area (Å²) < 4.78 is 24.8. The van der Waals surface area contributed by atoms with Gasteiger partial charge in [-0.25, -0.2) is 0 Å². The van der Waals surface area contributed by atoms with Gasteiger partial charge in [-0.15, -0.1) is 0 Å². The van der Waals surface area contributed by atoms with Gasteiger partial charge in [-0.3, -0.25) is 0 Å². The molecule has 0 saturated heterocycles. The SMILES string of the molecule is COc1ccc(C[Si](OC(C)(C)C)(OC(C)(C)C)OC(C)(C)C)cc1. The van der Waals surface area contributed by atoms with Crippen LogP contribution < -0.4 is 4.74 Å². The topological polar surface area (TPSA) is 36.9 Å². The Bertz CT molecular complexity index is 492. The summed E-state index contributed by atoms with van der Waals surface area (Å²) in [6.45, 7) is 18.4. The van der Waals surface area contributed by atoms with Gasteiger partial charge in [0.05, 0.1) is 23.9 Å². The molecule has 0 N–H and O–H groups in total. The van der Waals surface area contributed by atoms with Gasteiger partial charge in [0.1, 0.15) is 5.75 Å². The Morgan fingerprint density at radius 1 is 0.680 bits per heavy atom. The van der Waals surface area contributed by atoms with E-state index in [1.165, 1.54) is 0 Å². The van der Waals surface area contributed by atoms with Crippen molar-refractivity contribution >= 4 is 8.80 Å². The lowest BCUT2D eigenvalue weighted by atomic mass is 10.2. The van der Waals surface area contributed by atoms with Gasteiger partial charge in [0.2, 0.25) is 0 Å². The summed E-state index contributed by atoms with van der Waals surface area (Å²) in [7, 11) is -1.34. The molecule has 0 spiro atoms. The largest absolute Gasteiger partial charge is 0.506 e. The predicted octanol–water partition coefficient (Wildman–Crippen LogP) is 5.16. The Morgan fingerprint density at radius 2 is 1.04 bits per heavy atom. The van der Waals surface area contributed by atoms with Crippen LogP contribution in [-0.2, 0) is 19.3 Å². The van der Waals surface area contributed by atoms with Gasteiger partial charge in [0.25, 0.3) is 0 Å². The van der Waals surface area contributed by atoms with Gasteiger partial charge in [-0.05, 0) is 80.0 Å². The maximum Gasteiger partial charge on any atom is 0.506 e. The van der Waals surface area contributed by atoms with Crippen LogP contribution in [0.5, 0.6) is 5.75 Å². The first-order valence-corrected chi connectivity index (χ1v) is 10.8. The van der Waals surface area contributed by atoms with Crippen LogP contribution in [0.3, 0.4) is 0 Å². The molecule has 0 aliphatic rings. The lowest BCUT2D eigenvalue weighted by molar-refractivity contribution is -0.0760. The van der Waals surface area contributed by atoms with Crippen molar-refractivity contribution in [1.82, 2.24) is 0 Å². The highest BCUT2D eigenvalue weighted by molar-refractivity contribution is 6.60. The first-order chi connectivity index (χ1) is 11.1. The van der Waals surface area contributed by atoms with Crippen molar-refractivity contribution in [1.29, 1.82) is 0 Å². The fraction of sp³-hybridized carbons (Fsp3) is 0.700. The molecule has 1 rings (SSSR count). The van der Waals surface area contributed by atoms with Crippen LogP contribution in [0.2, 0.25) is 0 Å². The number of hydrogen-bond donors (Lipinski definition) is 0. The van der Waals surface area contributed by atoms with E-state index in [0.717, 1.165) is 11.3 Å². The molecule has 0 bridgehead atoms.